The molecule has 27 heavy (non-hydrogen) atoms. The SMILES string of the molecule is O=C(NC1CCN(c2ccccn2)C1)c1ccc(Oc2ccccc2)cc1. The molecule has 1 aliphatic rings. The molecule has 0 bridgehead atoms. The molecule has 0 spiro atoms. The van der Waals surface area contributed by atoms with Crippen molar-refractivity contribution in [2.24, 2.45) is 0 Å². The summed E-state index contributed by atoms with van der Waals surface area (Å²) in [5.41, 5.74) is 0.631. The lowest BCUT2D eigenvalue weighted by Crippen LogP contribution is -2.37. The summed E-state index contributed by atoms with van der Waals surface area (Å²) in [5, 5.41) is 3.11. The van der Waals surface area contributed by atoms with Crippen LogP contribution in [0.4, 0.5) is 5.82 Å². The summed E-state index contributed by atoms with van der Waals surface area (Å²) in [5.74, 6) is 2.38. The summed E-state index contributed by atoms with van der Waals surface area (Å²) in [4.78, 5) is 19.1. The number of anilines is 1. The van der Waals surface area contributed by atoms with Gasteiger partial charge in [0.15, 0.2) is 0 Å². The van der Waals surface area contributed by atoms with Crippen molar-refractivity contribution in [2.75, 3.05) is 18.0 Å². The highest BCUT2D eigenvalue weighted by molar-refractivity contribution is 5.94. The third-order valence-corrected chi connectivity index (χ3v) is 4.59. The van der Waals surface area contributed by atoms with Gasteiger partial charge in [-0.15, -0.1) is 0 Å². The second-order valence-corrected chi connectivity index (χ2v) is 6.53. The van der Waals surface area contributed by atoms with Crippen molar-refractivity contribution in [3.8, 4) is 11.5 Å². The summed E-state index contributed by atoms with van der Waals surface area (Å²) in [6, 6.07) is 22.8. The van der Waals surface area contributed by atoms with Crippen LogP contribution in [-0.4, -0.2) is 30.0 Å². The van der Waals surface area contributed by atoms with E-state index in [9.17, 15) is 4.79 Å². The van der Waals surface area contributed by atoms with Crippen LogP contribution in [0.5, 0.6) is 11.5 Å². The van der Waals surface area contributed by atoms with Gasteiger partial charge in [0.05, 0.1) is 0 Å². The molecule has 1 aromatic heterocycles. The van der Waals surface area contributed by atoms with Gasteiger partial charge in [0.1, 0.15) is 17.3 Å². The number of rotatable bonds is 5. The van der Waals surface area contributed by atoms with Crippen LogP contribution >= 0.6 is 0 Å². The molecule has 5 nitrogen and oxygen atoms in total. The van der Waals surface area contributed by atoms with E-state index in [1.807, 2.05) is 60.7 Å². The fourth-order valence-corrected chi connectivity index (χ4v) is 3.19. The van der Waals surface area contributed by atoms with Gasteiger partial charge >= 0.3 is 0 Å². The molecule has 1 amide bonds. The molecule has 136 valence electrons. The second kappa shape index (κ2) is 7.91. The average molecular weight is 359 g/mol. The number of aromatic nitrogens is 1. The molecule has 1 aliphatic heterocycles. The Labute approximate surface area is 158 Å². The Kier molecular flexibility index (Phi) is 5.01. The summed E-state index contributed by atoms with van der Waals surface area (Å²) < 4.78 is 5.76. The molecular weight excluding hydrogens is 338 g/mol. The monoisotopic (exact) mass is 359 g/mol. The first-order valence-corrected chi connectivity index (χ1v) is 9.08. The van der Waals surface area contributed by atoms with E-state index >= 15 is 0 Å². The Bertz CT molecular complexity index is 882. The van der Waals surface area contributed by atoms with Crippen LogP contribution in [0, 0.1) is 0 Å². The smallest absolute Gasteiger partial charge is 0.251 e. The maximum Gasteiger partial charge on any atom is 0.251 e. The predicted molar refractivity (Wildman–Crippen MR) is 105 cm³/mol. The number of carbonyl (C=O) groups is 1. The highest BCUT2D eigenvalue weighted by atomic mass is 16.5. The Morgan fingerprint density at radius 3 is 2.44 bits per heavy atom. The highest BCUT2D eigenvalue weighted by Gasteiger charge is 2.25. The van der Waals surface area contributed by atoms with Gasteiger partial charge in [0.25, 0.3) is 5.91 Å². The van der Waals surface area contributed by atoms with Crippen LogP contribution in [0.25, 0.3) is 0 Å². The van der Waals surface area contributed by atoms with Crippen LogP contribution < -0.4 is 15.0 Å². The van der Waals surface area contributed by atoms with E-state index in [0.29, 0.717) is 11.3 Å². The van der Waals surface area contributed by atoms with Gasteiger partial charge in [-0.05, 0) is 55.0 Å². The van der Waals surface area contributed by atoms with Gasteiger partial charge in [-0.3, -0.25) is 4.79 Å². The predicted octanol–water partition coefficient (Wildman–Crippen LogP) is 3.88. The zero-order chi connectivity index (χ0) is 18.5. The molecule has 1 atom stereocenters. The van der Waals surface area contributed by atoms with Gasteiger partial charge in [-0.2, -0.15) is 0 Å². The number of amides is 1. The summed E-state index contributed by atoms with van der Waals surface area (Å²) in [6.07, 6.45) is 2.71. The van der Waals surface area contributed by atoms with Crippen molar-refractivity contribution >= 4 is 11.7 Å². The van der Waals surface area contributed by atoms with Crippen LogP contribution in [0.3, 0.4) is 0 Å². The van der Waals surface area contributed by atoms with Crippen LogP contribution in [0.1, 0.15) is 16.8 Å². The van der Waals surface area contributed by atoms with Crippen molar-refractivity contribution in [1.29, 1.82) is 0 Å². The van der Waals surface area contributed by atoms with Crippen LogP contribution in [-0.2, 0) is 0 Å². The molecule has 2 heterocycles. The molecule has 3 aromatic rings. The third-order valence-electron chi connectivity index (χ3n) is 4.59. The fraction of sp³-hybridized carbons (Fsp3) is 0.182. The summed E-state index contributed by atoms with van der Waals surface area (Å²) >= 11 is 0. The lowest BCUT2D eigenvalue weighted by Gasteiger charge is -2.17. The lowest BCUT2D eigenvalue weighted by atomic mass is 10.2. The van der Waals surface area contributed by atoms with Gasteiger partial charge in [0.2, 0.25) is 0 Å². The van der Waals surface area contributed by atoms with Crippen molar-refractivity contribution in [3.05, 3.63) is 84.6 Å². The Balaban J connectivity index is 1.33. The van der Waals surface area contributed by atoms with Crippen molar-refractivity contribution in [2.45, 2.75) is 12.5 Å². The maximum absolute atomic E-state index is 12.5. The van der Waals surface area contributed by atoms with Crippen molar-refractivity contribution in [3.63, 3.8) is 0 Å². The minimum absolute atomic E-state index is 0.0610. The number of para-hydroxylation sites is 1. The quantitative estimate of drug-likeness (QED) is 0.751. The normalized spacial score (nSPS) is 16.1. The maximum atomic E-state index is 12.5. The molecule has 1 saturated heterocycles. The fourth-order valence-electron chi connectivity index (χ4n) is 3.19. The van der Waals surface area contributed by atoms with Crippen LogP contribution in [0.15, 0.2) is 79.0 Å². The van der Waals surface area contributed by atoms with E-state index in [2.05, 4.69) is 15.2 Å². The van der Waals surface area contributed by atoms with E-state index < -0.39 is 0 Å². The third kappa shape index (κ3) is 4.26. The lowest BCUT2D eigenvalue weighted by molar-refractivity contribution is 0.0940. The zero-order valence-corrected chi connectivity index (χ0v) is 14.9. The number of carbonyl (C=O) groups excluding carboxylic acids is 1. The van der Waals surface area contributed by atoms with E-state index in [1.54, 1.807) is 18.3 Å². The first-order valence-electron chi connectivity index (χ1n) is 9.08. The number of ether oxygens (including phenoxy) is 1. The van der Waals surface area contributed by atoms with E-state index in [1.165, 1.54) is 0 Å². The molecular formula is C22H21N3O2. The minimum atomic E-state index is -0.0610. The second-order valence-electron chi connectivity index (χ2n) is 6.53. The van der Waals surface area contributed by atoms with Gasteiger partial charge in [0, 0.05) is 30.9 Å². The Morgan fingerprint density at radius 2 is 1.70 bits per heavy atom. The molecule has 4 rings (SSSR count). The molecule has 0 aliphatic carbocycles. The molecule has 1 N–H and O–H groups in total. The van der Waals surface area contributed by atoms with Gasteiger partial charge < -0.3 is 15.0 Å². The molecule has 1 fully saturated rings. The Morgan fingerprint density at radius 1 is 0.963 bits per heavy atom. The molecule has 1 unspecified atom stereocenters. The zero-order valence-electron chi connectivity index (χ0n) is 14.9. The number of pyridine rings is 1. The van der Waals surface area contributed by atoms with Gasteiger partial charge in [-0.1, -0.05) is 24.3 Å². The number of benzene rings is 2. The van der Waals surface area contributed by atoms with Crippen molar-refractivity contribution in [1.82, 2.24) is 10.3 Å². The largest absolute Gasteiger partial charge is 0.457 e. The van der Waals surface area contributed by atoms with E-state index in [4.69, 9.17) is 4.74 Å². The first kappa shape index (κ1) is 17.1. The standard InChI is InChI=1S/C22H21N3O2/c26-22(24-18-13-15-25(16-18)21-8-4-5-14-23-21)17-9-11-20(12-10-17)27-19-6-2-1-3-7-19/h1-12,14,18H,13,15-16H2,(H,24,26). The number of nitrogens with one attached hydrogen (secondary N) is 1. The number of hydrogen-bond donors (Lipinski definition) is 1. The van der Waals surface area contributed by atoms with Gasteiger partial charge in [-0.25, -0.2) is 4.98 Å². The van der Waals surface area contributed by atoms with Crippen molar-refractivity contribution < 1.29 is 9.53 Å². The number of nitrogens with zero attached hydrogens (tertiary/aromatic N) is 2. The first-order chi connectivity index (χ1) is 13.3. The summed E-state index contributed by atoms with van der Waals surface area (Å²) in [7, 11) is 0. The molecule has 0 radical (unpaired) electrons. The number of hydrogen-bond acceptors (Lipinski definition) is 4. The Hall–Kier alpha value is -3.34. The molecule has 5 heteroatoms. The minimum Gasteiger partial charge on any atom is -0.457 e. The molecule has 2 aromatic carbocycles. The highest BCUT2D eigenvalue weighted by Crippen LogP contribution is 2.22. The van der Waals surface area contributed by atoms with E-state index in [-0.39, 0.29) is 11.9 Å². The topological polar surface area (TPSA) is 54.5 Å². The van der Waals surface area contributed by atoms with E-state index in [0.717, 1.165) is 31.1 Å². The van der Waals surface area contributed by atoms with Crippen LogP contribution in [0.2, 0.25) is 0 Å². The molecule has 0 saturated carbocycles. The summed E-state index contributed by atoms with van der Waals surface area (Å²) in [6.45, 7) is 1.67. The average Bonchev–Trinajstić information content (AvgIpc) is 3.18.